The van der Waals surface area contributed by atoms with Crippen LogP contribution < -0.4 is 0 Å². The summed E-state index contributed by atoms with van der Waals surface area (Å²) in [6.45, 7) is -0.904. The zero-order chi connectivity index (χ0) is 12.0. The van der Waals surface area contributed by atoms with Crippen LogP contribution in [0.25, 0.3) is 0 Å². The third-order valence-electron chi connectivity index (χ3n) is 1.62. The third kappa shape index (κ3) is 4.87. The Balaban J connectivity index is 2.14. The third-order valence-corrected chi connectivity index (χ3v) is 1.62. The first-order valence-corrected chi connectivity index (χ1v) is 4.51. The topological polar surface area (TPSA) is 57.0 Å². The molecule has 0 aliphatic heterocycles. The Bertz CT molecular complexity index is 338. The van der Waals surface area contributed by atoms with Crippen molar-refractivity contribution in [3.05, 3.63) is 11.9 Å². The summed E-state index contributed by atoms with van der Waals surface area (Å²) >= 11 is 0. The molecule has 0 aromatic carbocycles. The second-order valence-electron chi connectivity index (χ2n) is 3.05. The molecule has 16 heavy (non-hydrogen) atoms. The van der Waals surface area contributed by atoms with Gasteiger partial charge in [-0.3, -0.25) is 9.48 Å². The van der Waals surface area contributed by atoms with E-state index in [1.165, 1.54) is 10.9 Å². The summed E-state index contributed by atoms with van der Waals surface area (Å²) < 4.78 is 40.8. The Morgan fingerprint density at radius 2 is 2.25 bits per heavy atom. The molecule has 1 rings (SSSR count). The number of carbonyl (C=O) groups is 1. The van der Waals surface area contributed by atoms with Gasteiger partial charge < -0.3 is 4.74 Å². The van der Waals surface area contributed by atoms with Gasteiger partial charge in [0.25, 0.3) is 0 Å². The fraction of sp³-hybridized carbons (Fsp3) is 0.625. The van der Waals surface area contributed by atoms with E-state index in [1.54, 1.807) is 0 Å². The van der Waals surface area contributed by atoms with Gasteiger partial charge in [0, 0.05) is 13.2 Å². The number of rotatable bonds is 6. The van der Waals surface area contributed by atoms with E-state index in [1.807, 2.05) is 0 Å². The number of ether oxygens (including phenoxy) is 1. The maximum atomic E-state index is 11.7. The average molecular weight is 237 g/mol. The average Bonchev–Trinajstić information content (AvgIpc) is 2.63. The van der Waals surface area contributed by atoms with Crippen LogP contribution in [0.15, 0.2) is 6.20 Å². The fourth-order valence-corrected chi connectivity index (χ4v) is 0.993. The van der Waals surface area contributed by atoms with Gasteiger partial charge in [0.15, 0.2) is 6.29 Å². The van der Waals surface area contributed by atoms with E-state index in [-0.39, 0.29) is 12.3 Å². The molecule has 5 nitrogen and oxygen atoms in total. The molecule has 0 N–H and O–H groups in total. The Morgan fingerprint density at radius 1 is 1.50 bits per heavy atom. The Kier molecular flexibility index (Phi) is 4.41. The molecule has 1 aromatic heterocycles. The SMILES string of the molecule is O=Cc1cn(CCCOCC(F)(F)F)nn1. The summed E-state index contributed by atoms with van der Waals surface area (Å²) in [5.74, 6) is 0. The first kappa shape index (κ1) is 12.6. The number of halogens is 3. The van der Waals surface area contributed by atoms with E-state index in [0.29, 0.717) is 19.3 Å². The Labute approximate surface area is 89.2 Å². The summed E-state index contributed by atoms with van der Waals surface area (Å²) in [7, 11) is 0. The van der Waals surface area contributed by atoms with Crippen molar-refractivity contribution >= 4 is 6.29 Å². The van der Waals surface area contributed by atoms with Gasteiger partial charge in [-0.25, -0.2) is 0 Å². The zero-order valence-electron chi connectivity index (χ0n) is 8.28. The lowest BCUT2D eigenvalue weighted by atomic mass is 10.4. The molecule has 0 aliphatic rings. The van der Waals surface area contributed by atoms with Gasteiger partial charge in [-0.15, -0.1) is 5.10 Å². The predicted molar refractivity (Wildman–Crippen MR) is 46.9 cm³/mol. The minimum atomic E-state index is -4.29. The smallest absolute Gasteiger partial charge is 0.372 e. The highest BCUT2D eigenvalue weighted by Crippen LogP contribution is 2.14. The second kappa shape index (κ2) is 5.59. The van der Waals surface area contributed by atoms with Crippen molar-refractivity contribution in [1.29, 1.82) is 0 Å². The number of nitrogens with zero attached hydrogens (tertiary/aromatic N) is 3. The molecule has 0 aliphatic carbocycles. The number of aromatic nitrogens is 3. The summed E-state index contributed by atoms with van der Waals surface area (Å²) in [5, 5.41) is 7.09. The highest BCUT2D eigenvalue weighted by atomic mass is 19.4. The standard InChI is InChI=1S/C8H10F3N3O2/c9-8(10,11)6-16-3-1-2-14-4-7(5-15)12-13-14/h4-5H,1-3,6H2. The van der Waals surface area contributed by atoms with Gasteiger partial charge >= 0.3 is 6.18 Å². The van der Waals surface area contributed by atoms with Crippen molar-refractivity contribution in [2.24, 2.45) is 0 Å². The quantitative estimate of drug-likeness (QED) is 0.548. The first-order chi connectivity index (χ1) is 7.51. The van der Waals surface area contributed by atoms with Crippen LogP contribution in [0.2, 0.25) is 0 Å². The fourth-order valence-electron chi connectivity index (χ4n) is 0.993. The minimum Gasteiger partial charge on any atom is -0.372 e. The van der Waals surface area contributed by atoms with Crippen LogP contribution in [-0.2, 0) is 11.3 Å². The van der Waals surface area contributed by atoms with Crippen LogP contribution in [0.5, 0.6) is 0 Å². The molecule has 1 aromatic rings. The second-order valence-corrected chi connectivity index (χ2v) is 3.05. The van der Waals surface area contributed by atoms with E-state index in [9.17, 15) is 18.0 Å². The molecular formula is C8H10F3N3O2. The Hall–Kier alpha value is -1.44. The molecule has 0 amide bonds. The van der Waals surface area contributed by atoms with Crippen molar-refractivity contribution in [2.45, 2.75) is 19.1 Å². The largest absolute Gasteiger partial charge is 0.411 e. The van der Waals surface area contributed by atoms with Crippen LogP contribution in [0.3, 0.4) is 0 Å². The van der Waals surface area contributed by atoms with Crippen molar-refractivity contribution < 1.29 is 22.7 Å². The van der Waals surface area contributed by atoms with Crippen molar-refractivity contribution in [1.82, 2.24) is 15.0 Å². The van der Waals surface area contributed by atoms with Crippen LogP contribution in [0.1, 0.15) is 16.9 Å². The maximum Gasteiger partial charge on any atom is 0.411 e. The van der Waals surface area contributed by atoms with Gasteiger partial charge in [0.05, 0.1) is 6.20 Å². The van der Waals surface area contributed by atoms with Crippen molar-refractivity contribution in [3.8, 4) is 0 Å². The number of alkyl halides is 3. The molecule has 1 heterocycles. The van der Waals surface area contributed by atoms with Crippen molar-refractivity contribution in [2.75, 3.05) is 13.2 Å². The van der Waals surface area contributed by atoms with Crippen LogP contribution in [0.4, 0.5) is 13.2 Å². The number of hydrogen-bond acceptors (Lipinski definition) is 4. The lowest BCUT2D eigenvalue weighted by Gasteiger charge is -2.06. The number of aldehydes is 1. The van der Waals surface area contributed by atoms with E-state index < -0.39 is 12.8 Å². The van der Waals surface area contributed by atoms with Gasteiger partial charge in [-0.1, -0.05) is 5.21 Å². The van der Waals surface area contributed by atoms with E-state index >= 15 is 0 Å². The van der Waals surface area contributed by atoms with Gasteiger partial charge in [0.1, 0.15) is 12.3 Å². The molecule has 0 saturated heterocycles. The molecule has 0 spiro atoms. The highest BCUT2D eigenvalue weighted by Gasteiger charge is 2.27. The zero-order valence-corrected chi connectivity index (χ0v) is 8.28. The predicted octanol–water partition coefficient (Wildman–Crippen LogP) is 1.06. The summed E-state index contributed by atoms with van der Waals surface area (Å²) in [4.78, 5) is 10.2. The number of aryl methyl sites for hydroxylation is 1. The lowest BCUT2D eigenvalue weighted by Crippen LogP contribution is -2.17. The lowest BCUT2D eigenvalue weighted by molar-refractivity contribution is -0.174. The van der Waals surface area contributed by atoms with E-state index in [2.05, 4.69) is 15.0 Å². The molecule has 0 saturated carbocycles. The van der Waals surface area contributed by atoms with Gasteiger partial charge in [-0.05, 0) is 6.42 Å². The molecule has 0 bridgehead atoms. The molecular weight excluding hydrogens is 227 g/mol. The maximum absolute atomic E-state index is 11.7. The van der Waals surface area contributed by atoms with Crippen molar-refractivity contribution in [3.63, 3.8) is 0 Å². The molecule has 90 valence electrons. The summed E-state index contributed by atoms with van der Waals surface area (Å²) in [5.41, 5.74) is 0.191. The van der Waals surface area contributed by atoms with E-state index in [0.717, 1.165) is 0 Å². The molecule has 0 atom stereocenters. The van der Waals surface area contributed by atoms with Crippen LogP contribution >= 0.6 is 0 Å². The molecule has 8 heteroatoms. The van der Waals surface area contributed by atoms with E-state index in [4.69, 9.17) is 0 Å². The minimum absolute atomic E-state index is 0.0181. The Morgan fingerprint density at radius 3 is 2.81 bits per heavy atom. The normalized spacial score (nSPS) is 11.7. The number of carbonyl (C=O) groups excluding carboxylic acids is 1. The first-order valence-electron chi connectivity index (χ1n) is 4.51. The molecule has 0 radical (unpaired) electrons. The molecule has 0 unspecified atom stereocenters. The van der Waals surface area contributed by atoms with Crippen LogP contribution in [0, 0.1) is 0 Å². The monoisotopic (exact) mass is 237 g/mol. The summed E-state index contributed by atoms with van der Waals surface area (Å²) in [6, 6.07) is 0. The number of hydrogen-bond donors (Lipinski definition) is 0. The molecule has 0 fully saturated rings. The van der Waals surface area contributed by atoms with Gasteiger partial charge in [0.2, 0.25) is 0 Å². The van der Waals surface area contributed by atoms with Crippen LogP contribution in [-0.4, -0.2) is 40.7 Å². The summed E-state index contributed by atoms with van der Waals surface area (Å²) in [6.07, 6.45) is -1.96. The highest BCUT2D eigenvalue weighted by molar-refractivity contribution is 5.70. The van der Waals surface area contributed by atoms with Gasteiger partial charge in [-0.2, -0.15) is 13.2 Å².